The van der Waals surface area contributed by atoms with Crippen molar-refractivity contribution >= 4 is 12.0 Å². The zero-order valence-corrected chi connectivity index (χ0v) is 11.2. The molecule has 1 saturated heterocycles. The summed E-state index contributed by atoms with van der Waals surface area (Å²) >= 11 is 0. The quantitative estimate of drug-likeness (QED) is 0.856. The van der Waals surface area contributed by atoms with Gasteiger partial charge in [0.2, 0.25) is 0 Å². The molecule has 1 aliphatic heterocycles. The highest BCUT2D eigenvalue weighted by molar-refractivity contribution is 5.76. The van der Waals surface area contributed by atoms with E-state index in [2.05, 4.69) is 0 Å². The predicted molar refractivity (Wildman–Crippen MR) is 70.0 cm³/mol. The fraction of sp³-hybridized carbons (Fsp3) is 0.500. The fourth-order valence-corrected chi connectivity index (χ4v) is 2.45. The van der Waals surface area contributed by atoms with Crippen molar-refractivity contribution in [1.82, 2.24) is 0 Å². The van der Waals surface area contributed by atoms with E-state index in [4.69, 9.17) is 4.74 Å². The van der Waals surface area contributed by atoms with Gasteiger partial charge in [-0.05, 0) is 12.1 Å². The van der Waals surface area contributed by atoms with Gasteiger partial charge in [0.05, 0.1) is 5.60 Å². The number of rotatable bonds is 4. The molecular weight excluding hydrogens is 268 g/mol. The number of hydrogen-bond acceptors (Lipinski definition) is 4. The summed E-state index contributed by atoms with van der Waals surface area (Å²) in [5.74, 6) is -1.63. The molecule has 0 bridgehead atoms. The van der Waals surface area contributed by atoms with Crippen LogP contribution in [0.4, 0.5) is 14.5 Å². The molecule has 0 saturated carbocycles. The highest BCUT2D eigenvalue weighted by Crippen LogP contribution is 2.28. The summed E-state index contributed by atoms with van der Waals surface area (Å²) in [4.78, 5) is 11.9. The first kappa shape index (κ1) is 14.9. The smallest absolute Gasteiger partial charge is 0.150 e. The number of carbonyl (C=O) groups excluding carboxylic acids is 1. The van der Waals surface area contributed by atoms with Crippen LogP contribution in [0.15, 0.2) is 12.1 Å². The Morgan fingerprint density at radius 1 is 1.35 bits per heavy atom. The molecule has 0 spiro atoms. The van der Waals surface area contributed by atoms with Gasteiger partial charge in [-0.2, -0.15) is 0 Å². The lowest BCUT2D eigenvalue weighted by Crippen LogP contribution is -2.46. The van der Waals surface area contributed by atoms with E-state index in [1.807, 2.05) is 0 Å². The first-order valence-electron chi connectivity index (χ1n) is 6.41. The molecule has 1 fully saturated rings. The summed E-state index contributed by atoms with van der Waals surface area (Å²) in [5.41, 5.74) is -1.31. The third kappa shape index (κ3) is 3.13. The number of ether oxygens (including phenoxy) is 1. The molecule has 1 N–H and O–H groups in total. The molecule has 1 aromatic rings. The molecule has 0 aromatic heterocycles. The molecule has 1 aliphatic rings. The maximum absolute atomic E-state index is 13.9. The van der Waals surface area contributed by atoms with E-state index in [1.165, 1.54) is 11.9 Å². The number of nitrogens with zero attached hydrogens (tertiary/aromatic N) is 1. The first-order valence-corrected chi connectivity index (χ1v) is 6.41. The van der Waals surface area contributed by atoms with Crippen molar-refractivity contribution in [3.63, 3.8) is 0 Å². The van der Waals surface area contributed by atoms with Crippen LogP contribution >= 0.6 is 0 Å². The third-order valence-electron chi connectivity index (χ3n) is 3.51. The van der Waals surface area contributed by atoms with Gasteiger partial charge in [0.25, 0.3) is 0 Å². The van der Waals surface area contributed by atoms with Crippen molar-refractivity contribution in [1.29, 1.82) is 0 Å². The Kier molecular flexibility index (Phi) is 4.35. The Morgan fingerprint density at radius 3 is 2.40 bits per heavy atom. The standard InChI is InChI=1S/C14H17F2NO3/c1-17(9-14(19)2-4-20-5-3-14)13-11(15)6-10(8-18)7-12(13)16/h6-8,19H,2-5,9H2,1H3. The minimum absolute atomic E-state index is 0.0538. The van der Waals surface area contributed by atoms with E-state index < -0.39 is 17.2 Å². The number of halogens is 2. The number of anilines is 1. The van der Waals surface area contributed by atoms with Crippen LogP contribution in [0.25, 0.3) is 0 Å². The molecular formula is C14H17F2NO3. The molecule has 1 aromatic carbocycles. The van der Waals surface area contributed by atoms with Gasteiger partial charge >= 0.3 is 0 Å². The van der Waals surface area contributed by atoms with Gasteiger partial charge < -0.3 is 14.7 Å². The molecule has 0 amide bonds. The van der Waals surface area contributed by atoms with Crippen LogP contribution in [0.3, 0.4) is 0 Å². The normalized spacial score (nSPS) is 17.8. The maximum atomic E-state index is 13.9. The summed E-state index contributed by atoms with van der Waals surface area (Å²) in [5, 5.41) is 10.4. The van der Waals surface area contributed by atoms with Gasteiger partial charge in [-0.25, -0.2) is 8.78 Å². The number of aliphatic hydroxyl groups is 1. The van der Waals surface area contributed by atoms with E-state index >= 15 is 0 Å². The van der Waals surface area contributed by atoms with Gasteiger partial charge in [-0.15, -0.1) is 0 Å². The maximum Gasteiger partial charge on any atom is 0.150 e. The van der Waals surface area contributed by atoms with Gasteiger partial charge in [0.15, 0.2) is 0 Å². The van der Waals surface area contributed by atoms with E-state index in [9.17, 15) is 18.7 Å². The number of benzene rings is 1. The first-order chi connectivity index (χ1) is 9.45. The summed E-state index contributed by atoms with van der Waals surface area (Å²) in [6.07, 6.45) is 1.24. The number of likely N-dealkylation sites (N-methyl/N-ethyl adjacent to an activating group) is 1. The van der Waals surface area contributed by atoms with Crippen molar-refractivity contribution in [3.05, 3.63) is 29.3 Å². The predicted octanol–water partition coefficient (Wildman–Crippen LogP) is 1.75. The lowest BCUT2D eigenvalue weighted by atomic mass is 9.93. The Bertz CT molecular complexity index is 478. The zero-order chi connectivity index (χ0) is 14.8. The van der Waals surface area contributed by atoms with Crippen LogP contribution in [0.1, 0.15) is 23.2 Å². The molecule has 0 atom stereocenters. The molecule has 20 heavy (non-hydrogen) atoms. The van der Waals surface area contributed by atoms with Crippen molar-refractivity contribution in [2.24, 2.45) is 0 Å². The Labute approximate surface area is 116 Å². The summed E-state index contributed by atoms with van der Waals surface area (Å²) in [7, 11) is 1.51. The number of hydrogen-bond donors (Lipinski definition) is 1. The van der Waals surface area contributed by atoms with Crippen molar-refractivity contribution in [2.75, 3.05) is 31.7 Å². The second kappa shape index (κ2) is 5.85. The van der Waals surface area contributed by atoms with E-state index in [0.717, 1.165) is 12.1 Å². The summed E-state index contributed by atoms with van der Waals surface area (Å²) < 4.78 is 32.9. The van der Waals surface area contributed by atoms with Crippen LogP contribution in [-0.4, -0.2) is 43.8 Å². The fourth-order valence-electron chi connectivity index (χ4n) is 2.45. The largest absolute Gasteiger partial charge is 0.388 e. The Hall–Kier alpha value is -1.53. The topological polar surface area (TPSA) is 49.8 Å². The van der Waals surface area contributed by atoms with Crippen LogP contribution in [0.2, 0.25) is 0 Å². The molecule has 6 heteroatoms. The average molecular weight is 285 g/mol. The van der Waals surface area contributed by atoms with Gasteiger partial charge in [0, 0.05) is 45.2 Å². The lowest BCUT2D eigenvalue weighted by molar-refractivity contribution is -0.0573. The van der Waals surface area contributed by atoms with E-state index in [0.29, 0.717) is 32.3 Å². The highest BCUT2D eigenvalue weighted by Gasteiger charge is 2.32. The minimum Gasteiger partial charge on any atom is -0.388 e. The van der Waals surface area contributed by atoms with Gasteiger partial charge in [0.1, 0.15) is 23.6 Å². The van der Waals surface area contributed by atoms with Crippen molar-refractivity contribution in [3.8, 4) is 0 Å². The summed E-state index contributed by atoms with van der Waals surface area (Å²) in [6, 6.07) is 1.96. The second-order valence-electron chi connectivity index (χ2n) is 5.14. The second-order valence-corrected chi connectivity index (χ2v) is 5.14. The molecule has 110 valence electrons. The molecule has 4 nitrogen and oxygen atoms in total. The Morgan fingerprint density at radius 2 is 1.90 bits per heavy atom. The van der Waals surface area contributed by atoms with Crippen LogP contribution in [0.5, 0.6) is 0 Å². The zero-order valence-electron chi connectivity index (χ0n) is 11.2. The molecule has 1 heterocycles. The summed E-state index contributed by atoms with van der Waals surface area (Å²) in [6.45, 7) is 0.962. The molecule has 0 unspecified atom stereocenters. The van der Waals surface area contributed by atoms with Crippen molar-refractivity contribution in [2.45, 2.75) is 18.4 Å². The van der Waals surface area contributed by atoms with Crippen LogP contribution < -0.4 is 4.90 Å². The third-order valence-corrected chi connectivity index (χ3v) is 3.51. The van der Waals surface area contributed by atoms with E-state index in [-0.39, 0.29) is 17.8 Å². The number of aldehydes is 1. The molecule has 0 radical (unpaired) electrons. The van der Waals surface area contributed by atoms with Crippen molar-refractivity contribution < 1.29 is 23.4 Å². The SMILES string of the molecule is CN(CC1(O)CCOCC1)c1c(F)cc(C=O)cc1F. The van der Waals surface area contributed by atoms with Gasteiger partial charge in [-0.1, -0.05) is 0 Å². The van der Waals surface area contributed by atoms with Gasteiger partial charge in [-0.3, -0.25) is 4.79 Å². The average Bonchev–Trinajstić information content (AvgIpc) is 2.37. The number of carbonyl (C=O) groups is 1. The Balaban J connectivity index is 2.20. The van der Waals surface area contributed by atoms with E-state index in [1.54, 1.807) is 0 Å². The van der Waals surface area contributed by atoms with Crippen LogP contribution in [0, 0.1) is 11.6 Å². The molecule has 0 aliphatic carbocycles. The minimum atomic E-state index is -1.02. The van der Waals surface area contributed by atoms with Crippen LogP contribution in [-0.2, 0) is 4.74 Å². The lowest BCUT2D eigenvalue weighted by Gasteiger charge is -2.36. The monoisotopic (exact) mass is 285 g/mol. The highest BCUT2D eigenvalue weighted by atomic mass is 19.1. The molecule has 2 rings (SSSR count).